The van der Waals surface area contributed by atoms with Crippen molar-refractivity contribution < 1.29 is 33.4 Å². The van der Waals surface area contributed by atoms with Gasteiger partial charge in [-0.3, -0.25) is 18.8 Å². The maximum Gasteiger partial charge on any atom is 0.302 e. The number of methoxy groups -OCH3 is 1. The van der Waals surface area contributed by atoms with Gasteiger partial charge in [-0.25, -0.2) is 0 Å². The first-order valence-corrected chi connectivity index (χ1v) is 12.4. The molecule has 0 bridgehead atoms. The molecule has 1 saturated heterocycles. The number of halogens is 1. The van der Waals surface area contributed by atoms with Gasteiger partial charge in [0.05, 0.1) is 26.3 Å². The SMILES string of the molecule is CC12CC3OC34C(CCC3=CC(=O)C=CC34C)C1CCC2C(=O)SCO.CF.COC(C)=O. The van der Waals surface area contributed by atoms with E-state index in [1.54, 1.807) is 6.08 Å². The van der Waals surface area contributed by atoms with Gasteiger partial charge in [0.1, 0.15) is 5.60 Å². The van der Waals surface area contributed by atoms with Crippen molar-refractivity contribution in [2.45, 2.75) is 64.6 Å². The molecule has 5 rings (SSSR count). The summed E-state index contributed by atoms with van der Waals surface area (Å²) < 4.78 is 20.1. The molecular formula is C25H35FO6S. The number of aliphatic hydroxyl groups excluding tert-OH is 1. The Morgan fingerprint density at radius 1 is 1.24 bits per heavy atom. The Morgan fingerprint density at radius 3 is 2.52 bits per heavy atom. The summed E-state index contributed by atoms with van der Waals surface area (Å²) in [4.78, 5) is 34.1. The Labute approximate surface area is 199 Å². The molecule has 0 amide bonds. The van der Waals surface area contributed by atoms with Gasteiger partial charge in [-0.1, -0.05) is 30.3 Å². The Balaban J connectivity index is 0.000000390. The van der Waals surface area contributed by atoms with Crippen LogP contribution < -0.4 is 0 Å². The van der Waals surface area contributed by atoms with Gasteiger partial charge in [-0.2, -0.15) is 0 Å². The van der Waals surface area contributed by atoms with Gasteiger partial charge in [0, 0.05) is 18.3 Å². The number of alkyl halides is 1. The van der Waals surface area contributed by atoms with Crippen molar-refractivity contribution in [1.82, 2.24) is 0 Å². The number of rotatable bonds is 2. The van der Waals surface area contributed by atoms with Crippen LogP contribution in [0.4, 0.5) is 4.39 Å². The molecule has 7 unspecified atom stereocenters. The van der Waals surface area contributed by atoms with Gasteiger partial charge in [-0.05, 0) is 68.4 Å². The molecule has 3 saturated carbocycles. The van der Waals surface area contributed by atoms with Crippen LogP contribution >= 0.6 is 11.8 Å². The topological polar surface area (TPSA) is 93.2 Å². The number of ketones is 1. The fraction of sp³-hybridized carbons (Fsp3) is 0.720. The molecule has 1 N–H and O–H groups in total. The molecule has 33 heavy (non-hydrogen) atoms. The number of fused-ring (bicyclic) bond motifs is 3. The predicted molar refractivity (Wildman–Crippen MR) is 124 cm³/mol. The molecular weight excluding hydrogens is 447 g/mol. The number of allylic oxidation sites excluding steroid dienone is 2. The molecule has 7 atom stereocenters. The van der Waals surface area contributed by atoms with Gasteiger partial charge in [-0.15, -0.1) is 0 Å². The average Bonchev–Trinajstić information content (AvgIpc) is 3.40. The molecule has 5 aliphatic rings. The first-order chi connectivity index (χ1) is 15.6. The van der Waals surface area contributed by atoms with Crippen LogP contribution in [-0.4, -0.2) is 53.9 Å². The summed E-state index contributed by atoms with van der Waals surface area (Å²) in [6.07, 6.45) is 10.7. The van der Waals surface area contributed by atoms with E-state index in [0.29, 0.717) is 19.0 Å². The van der Waals surface area contributed by atoms with E-state index in [4.69, 9.17) is 4.74 Å². The van der Waals surface area contributed by atoms with Crippen LogP contribution in [0.3, 0.4) is 0 Å². The summed E-state index contributed by atoms with van der Waals surface area (Å²) in [5.74, 6) is 0.680. The van der Waals surface area contributed by atoms with Crippen LogP contribution in [0, 0.1) is 28.6 Å². The van der Waals surface area contributed by atoms with E-state index in [0.717, 1.165) is 43.9 Å². The standard InChI is InChI=1S/C21H26O4S.C3H6O2.CH3F/c1-19-10-17-21(25-17)15(14(19)5-6-16(19)18(24)26-11-22)4-3-12-9-13(23)7-8-20(12,21)2;1-3(4)5-2;1-2/h7-9,14-17,22H,3-6,10-11H2,1-2H3;1-2H3;1H3. The lowest BCUT2D eigenvalue weighted by atomic mass is 9.47. The lowest BCUT2D eigenvalue weighted by Gasteiger charge is -2.54. The van der Waals surface area contributed by atoms with E-state index >= 15 is 0 Å². The average molecular weight is 483 g/mol. The van der Waals surface area contributed by atoms with Crippen LogP contribution in [0.5, 0.6) is 0 Å². The predicted octanol–water partition coefficient (Wildman–Crippen LogP) is 4.02. The van der Waals surface area contributed by atoms with E-state index in [2.05, 4.69) is 24.7 Å². The zero-order valence-electron chi connectivity index (χ0n) is 20.1. The number of thioether (sulfide) groups is 1. The minimum absolute atomic E-state index is 0.0274. The van der Waals surface area contributed by atoms with Crippen LogP contribution in [0.25, 0.3) is 0 Å². The number of epoxide rings is 1. The Morgan fingerprint density at radius 2 is 1.91 bits per heavy atom. The van der Waals surface area contributed by atoms with Crippen molar-refractivity contribution in [3.05, 3.63) is 23.8 Å². The Kier molecular flexibility index (Phi) is 7.61. The highest BCUT2D eigenvalue weighted by Crippen LogP contribution is 2.75. The molecule has 1 spiro atoms. The fourth-order valence-corrected chi connectivity index (χ4v) is 7.91. The largest absolute Gasteiger partial charge is 0.469 e. The summed E-state index contributed by atoms with van der Waals surface area (Å²) in [6, 6.07) is 0. The lowest BCUT2D eigenvalue weighted by Crippen LogP contribution is -2.56. The van der Waals surface area contributed by atoms with Crippen molar-refractivity contribution in [1.29, 1.82) is 0 Å². The van der Waals surface area contributed by atoms with Crippen molar-refractivity contribution in [2.75, 3.05) is 20.2 Å². The maximum absolute atomic E-state index is 12.6. The number of hydrogen-bond acceptors (Lipinski definition) is 7. The summed E-state index contributed by atoms with van der Waals surface area (Å²) in [6.45, 7) is 5.89. The van der Waals surface area contributed by atoms with Gasteiger partial charge < -0.3 is 14.6 Å². The van der Waals surface area contributed by atoms with Gasteiger partial charge in [0.25, 0.3) is 0 Å². The molecule has 4 aliphatic carbocycles. The summed E-state index contributed by atoms with van der Waals surface area (Å²) >= 11 is 1.06. The van der Waals surface area contributed by atoms with Gasteiger partial charge in [0.2, 0.25) is 0 Å². The van der Waals surface area contributed by atoms with Crippen LogP contribution in [-0.2, 0) is 23.9 Å². The number of carbonyl (C=O) groups excluding carboxylic acids is 3. The first-order valence-electron chi connectivity index (χ1n) is 11.5. The highest BCUT2D eigenvalue weighted by Gasteiger charge is 2.79. The molecule has 0 aromatic carbocycles. The van der Waals surface area contributed by atoms with Crippen molar-refractivity contribution in [2.24, 2.45) is 28.6 Å². The van der Waals surface area contributed by atoms with Gasteiger partial charge >= 0.3 is 5.97 Å². The molecule has 0 aromatic rings. The molecule has 0 radical (unpaired) electrons. The number of carbonyl (C=O) groups is 3. The molecule has 6 nitrogen and oxygen atoms in total. The maximum atomic E-state index is 12.6. The van der Waals surface area contributed by atoms with Gasteiger partial charge in [0.15, 0.2) is 10.9 Å². The molecule has 0 aromatic heterocycles. The normalized spacial score (nSPS) is 41.4. The Bertz CT molecular complexity index is 871. The Hall–Kier alpha value is -1.51. The smallest absolute Gasteiger partial charge is 0.302 e. The molecule has 4 fully saturated rings. The zero-order chi connectivity index (χ0) is 24.6. The minimum Gasteiger partial charge on any atom is -0.469 e. The van der Waals surface area contributed by atoms with E-state index in [-0.39, 0.29) is 51.3 Å². The van der Waals surface area contributed by atoms with E-state index in [1.165, 1.54) is 19.6 Å². The summed E-state index contributed by atoms with van der Waals surface area (Å²) in [5, 5.41) is 9.33. The number of hydrogen-bond donors (Lipinski definition) is 1. The fourth-order valence-electron chi connectivity index (χ4n) is 7.20. The minimum atomic E-state index is -0.245. The highest BCUT2D eigenvalue weighted by atomic mass is 32.2. The summed E-state index contributed by atoms with van der Waals surface area (Å²) in [7, 11) is 1.85. The third-order valence-corrected chi connectivity index (χ3v) is 9.41. The molecule has 184 valence electrons. The first kappa shape index (κ1) is 26.1. The number of ether oxygens (including phenoxy) is 2. The number of aliphatic hydroxyl groups is 1. The highest BCUT2D eigenvalue weighted by molar-refractivity contribution is 8.13. The third-order valence-electron chi connectivity index (χ3n) is 8.71. The third kappa shape index (κ3) is 4.02. The molecule has 1 heterocycles. The van der Waals surface area contributed by atoms with Crippen molar-refractivity contribution in [3.63, 3.8) is 0 Å². The molecule has 8 heteroatoms. The second-order valence-electron chi connectivity index (χ2n) is 9.89. The van der Waals surface area contributed by atoms with Crippen LogP contribution in [0.1, 0.15) is 52.9 Å². The van der Waals surface area contributed by atoms with Crippen LogP contribution in [0.15, 0.2) is 23.8 Å². The second kappa shape index (κ2) is 9.62. The number of esters is 1. The van der Waals surface area contributed by atoms with Crippen molar-refractivity contribution >= 4 is 28.6 Å². The van der Waals surface area contributed by atoms with Crippen LogP contribution in [0.2, 0.25) is 0 Å². The van der Waals surface area contributed by atoms with E-state index < -0.39 is 0 Å². The zero-order valence-corrected chi connectivity index (χ0v) is 20.9. The second-order valence-corrected chi connectivity index (χ2v) is 10.8. The van der Waals surface area contributed by atoms with E-state index in [1.807, 2.05) is 6.08 Å². The lowest BCUT2D eigenvalue weighted by molar-refractivity contribution is -0.138. The molecule has 1 aliphatic heterocycles. The van der Waals surface area contributed by atoms with E-state index in [9.17, 15) is 23.9 Å². The monoisotopic (exact) mass is 482 g/mol. The summed E-state index contributed by atoms with van der Waals surface area (Å²) in [5.41, 5.74) is 0.840. The quantitative estimate of drug-likeness (QED) is 0.361. The van der Waals surface area contributed by atoms with Crippen molar-refractivity contribution in [3.8, 4) is 0 Å².